The normalized spacial score (nSPS) is 10.5. The van der Waals surface area contributed by atoms with E-state index < -0.39 is 22.8 Å². The van der Waals surface area contributed by atoms with E-state index in [-0.39, 0.29) is 95.1 Å². The van der Waals surface area contributed by atoms with Crippen molar-refractivity contribution < 1.29 is 76.5 Å². The number of phenols is 3. The second-order valence-electron chi connectivity index (χ2n) is 20.5. The Morgan fingerprint density at radius 2 is 0.837 bits per heavy atom. The number of Topliss-reactive ketones (excluding diaryl/α,β-unsaturated/α-hetero) is 1. The number of nitrogens with two attached hydrogens (primary N) is 1. The summed E-state index contributed by atoms with van der Waals surface area (Å²) in [6, 6.07) is 31.9. The Kier molecular flexibility index (Phi) is 51.9. The van der Waals surface area contributed by atoms with Crippen molar-refractivity contribution in [1.82, 2.24) is 15.0 Å². The molecule has 0 fully saturated rings. The van der Waals surface area contributed by atoms with E-state index in [0.29, 0.717) is 128 Å². The average molecular weight is 1670 g/mol. The second kappa shape index (κ2) is 54.5. The number of halogens is 9. The number of oxazole rings is 3. The summed E-state index contributed by atoms with van der Waals surface area (Å²) in [5.41, 5.74) is 9.68. The van der Waals surface area contributed by atoms with Gasteiger partial charge in [-0.15, -0.1) is 23.2 Å². The number of ketones is 1. The van der Waals surface area contributed by atoms with Crippen molar-refractivity contribution >= 4 is 132 Å². The number of carbonyl (C=O) groups excluding carboxylic acids is 3. The van der Waals surface area contributed by atoms with Gasteiger partial charge >= 0.3 is 11.9 Å². The van der Waals surface area contributed by atoms with Gasteiger partial charge in [-0.25, -0.2) is 19.7 Å². The lowest BCUT2D eigenvalue weighted by Gasteiger charge is -2.17. The molecule has 2 unspecified atom stereocenters. The number of carbonyl (C=O) groups is 4. The van der Waals surface area contributed by atoms with Crippen molar-refractivity contribution in [3.63, 3.8) is 0 Å². The van der Waals surface area contributed by atoms with Gasteiger partial charge in [-0.05, 0) is 129 Å². The topological polar surface area (TPSA) is 299 Å². The molecule has 3 heterocycles. The van der Waals surface area contributed by atoms with E-state index >= 15 is 0 Å². The molecule has 9 rings (SSSR count). The fourth-order valence-electron chi connectivity index (χ4n) is 7.64. The number of amides is 1. The van der Waals surface area contributed by atoms with Crippen LogP contribution in [0.2, 0.25) is 30.1 Å². The lowest BCUT2D eigenvalue weighted by molar-refractivity contribution is -0.145. The summed E-state index contributed by atoms with van der Waals surface area (Å²) in [6.07, 6.45) is 9.59. The van der Waals surface area contributed by atoms with Crippen LogP contribution in [0.1, 0.15) is 153 Å². The minimum Gasteiger partial charge on any atom is -0.507 e. The van der Waals surface area contributed by atoms with Gasteiger partial charge in [-0.3, -0.25) is 14.4 Å². The second-order valence-corrected chi connectivity index (χ2v) is 24.6. The Morgan fingerprint density at radius 3 is 1.18 bits per heavy atom. The maximum absolute atomic E-state index is 11.8. The fourth-order valence-corrected chi connectivity index (χ4v) is 9.31. The summed E-state index contributed by atoms with van der Waals surface area (Å²) in [6.45, 7) is 11.7. The number of rotatable bonds is 28. The highest BCUT2D eigenvalue weighted by Crippen LogP contribution is 2.37. The van der Waals surface area contributed by atoms with Crippen molar-refractivity contribution in [1.29, 1.82) is 0 Å². The molecule has 0 saturated heterocycles. The predicted molar refractivity (Wildman–Crippen MR) is 422 cm³/mol. The number of aliphatic carboxylic acids is 1. The molecule has 0 saturated carbocycles. The van der Waals surface area contributed by atoms with Crippen LogP contribution in [0, 0.1) is 0 Å². The first-order chi connectivity index (χ1) is 47.4. The molecule has 6 aromatic carbocycles. The Morgan fingerprint density at radius 1 is 0.490 bits per heavy atom. The van der Waals surface area contributed by atoms with Gasteiger partial charge < -0.3 is 63.1 Å². The number of aromatic nitrogens is 3. The van der Waals surface area contributed by atoms with Gasteiger partial charge in [0.1, 0.15) is 63.7 Å². The fraction of sp³-hybridized carbons (Fsp3) is 0.347. The largest absolute Gasteiger partial charge is 0.507 e. The molecule has 572 valence electrons. The highest BCUT2D eigenvalue weighted by molar-refractivity contribution is 9.09. The van der Waals surface area contributed by atoms with Gasteiger partial charge in [0.25, 0.3) is 5.91 Å². The Labute approximate surface area is 658 Å². The van der Waals surface area contributed by atoms with Crippen molar-refractivity contribution in [2.75, 3.05) is 38.2 Å². The monoisotopic (exact) mass is 1660 g/mol. The maximum Gasteiger partial charge on any atom is 0.349 e. The summed E-state index contributed by atoms with van der Waals surface area (Å²) in [7, 11) is 0. The van der Waals surface area contributed by atoms with Gasteiger partial charge in [-0.2, -0.15) is 0 Å². The Balaban J connectivity index is 0. The van der Waals surface area contributed by atoms with Gasteiger partial charge in [0.05, 0.1) is 60.4 Å². The van der Waals surface area contributed by atoms with Crippen LogP contribution in [0.4, 0.5) is 0 Å². The number of primary amides is 1. The van der Waals surface area contributed by atoms with Crippen molar-refractivity contribution in [3.05, 3.63) is 204 Å². The van der Waals surface area contributed by atoms with E-state index in [0.717, 1.165) is 44.1 Å². The summed E-state index contributed by atoms with van der Waals surface area (Å²) in [4.78, 5) is 56.2. The zero-order valence-electron chi connectivity index (χ0n) is 54.0. The molecule has 0 radical (unpaired) electrons. The van der Waals surface area contributed by atoms with Crippen LogP contribution in [-0.2, 0) is 53.2 Å². The van der Waals surface area contributed by atoms with Crippen molar-refractivity contribution in [3.8, 4) is 57.4 Å². The van der Waals surface area contributed by atoms with Gasteiger partial charge in [0, 0.05) is 55.5 Å². The molecule has 0 spiro atoms. The molecule has 3 aromatic heterocycles. The van der Waals surface area contributed by atoms with Crippen molar-refractivity contribution in [2.45, 2.75) is 134 Å². The molecular formula is C75H93BrCl8N4O16. The number of ether oxygens (including phenoxy) is 5. The molecule has 0 aliphatic rings. The third-order valence-electron chi connectivity index (χ3n) is 12.7. The van der Waals surface area contributed by atoms with Crippen LogP contribution < -0.4 is 10.5 Å². The summed E-state index contributed by atoms with van der Waals surface area (Å²) >= 11 is 48.4. The zero-order chi connectivity index (χ0) is 72.8. The number of carboxylic acid groups (broad SMARTS) is 1. The molecule has 0 aliphatic carbocycles. The number of carboxylic acids is 1. The number of unbranched alkanes of at least 4 members (excludes halogenated alkanes) is 3. The van der Waals surface area contributed by atoms with E-state index in [1.165, 1.54) is 49.1 Å². The first-order valence-corrected chi connectivity index (χ1v) is 34.7. The molecule has 0 aliphatic heterocycles. The number of benzene rings is 6. The number of esters is 1. The molecule has 1 amide bonds. The quantitative estimate of drug-likeness (QED) is 0.0173. The number of phenolic OH excluding ortho intramolecular Hbond substituents is 2. The smallest absolute Gasteiger partial charge is 0.349 e. The molecule has 9 aromatic rings. The maximum atomic E-state index is 11.8. The van der Waals surface area contributed by atoms with E-state index in [9.17, 15) is 34.5 Å². The lowest BCUT2D eigenvalue weighted by atomic mass is 10.1. The van der Waals surface area contributed by atoms with Crippen LogP contribution in [0.5, 0.6) is 23.0 Å². The SMILES string of the molecule is C.C.C.C.C.CCCCOCc1coc(-c2cc(Cl)ccc2O)n1.CCCCOCc1coc(-c2cc(Cl)ccc2O)n1.CCCCOCc1coc(-c2cc(Cl)ccc2OC(C(=O)O)c2ccc(Cl)cc2)n1.CCOC(=O)C(Br)c1ccc(Cl)cc1.NC(=O)c1cc(Cl)ccc1O.O=C(CCl)CCl. The third-order valence-corrected chi connectivity index (χ3v) is 15.6. The number of nitrogens with zero attached hydrogens (tertiary/aromatic N) is 3. The van der Waals surface area contributed by atoms with Crippen LogP contribution in [-0.4, -0.2) is 97.2 Å². The predicted octanol–water partition coefficient (Wildman–Crippen LogP) is 22.9. The van der Waals surface area contributed by atoms with Crippen molar-refractivity contribution in [2.24, 2.45) is 5.73 Å². The molecule has 2 atom stereocenters. The third kappa shape index (κ3) is 35.8. The molecule has 29 heteroatoms. The highest BCUT2D eigenvalue weighted by Gasteiger charge is 2.25. The molecule has 20 nitrogen and oxygen atoms in total. The number of hydrogen-bond donors (Lipinski definition) is 5. The van der Waals surface area contributed by atoms with E-state index in [1.807, 2.05) is 0 Å². The summed E-state index contributed by atoms with van der Waals surface area (Å²) in [5.74, 6) is -0.926. The van der Waals surface area contributed by atoms with E-state index in [2.05, 4.69) is 51.7 Å². The van der Waals surface area contributed by atoms with Gasteiger partial charge in [0.2, 0.25) is 23.8 Å². The Hall–Kier alpha value is -7.09. The van der Waals surface area contributed by atoms with Crippen LogP contribution in [0.15, 0.2) is 153 Å². The van der Waals surface area contributed by atoms with E-state index in [4.69, 9.17) is 141 Å². The minimum absolute atomic E-state index is 0. The van der Waals surface area contributed by atoms with Crippen LogP contribution in [0.25, 0.3) is 34.4 Å². The summed E-state index contributed by atoms with van der Waals surface area (Å²) in [5, 5.41) is 41.2. The van der Waals surface area contributed by atoms with Gasteiger partial charge in [-0.1, -0.05) is 187 Å². The van der Waals surface area contributed by atoms with E-state index in [1.54, 1.807) is 97.9 Å². The molecule has 0 bridgehead atoms. The standard InChI is InChI=1S/C22H21Cl2NO5.2C14H16ClNO3.C10H10BrClO2.C7H6ClNO2.C3H4Cl2O.5CH4/c1-2-3-10-28-12-17-13-29-21(25-17)18-11-16(24)8-9-19(18)30-20(22(26)27)14-4-6-15(23)7-5-14;2*1-2-3-6-18-8-11-9-19-14(16-11)12-7-10(15)4-5-13(12)17;1-2-14-10(13)9(11)7-3-5-8(12)6-4-7;8-4-1-2-6(10)5(3-4)7(9)11;4-1-3(6)2-5;;;;;/h4-9,11,13,20H,2-3,10,12H2,1H3,(H,26,27);2*4-5,7,9,17H,2-3,6,8H2,1H3;3-6,9H,2H2,1H3;1-3,10H,(H2,9,11);1-2H2;5*1H4. The number of hydrogen-bond acceptors (Lipinski definition) is 18. The molecule has 104 heavy (non-hydrogen) atoms. The van der Waals surface area contributed by atoms with Crippen LogP contribution >= 0.6 is 109 Å². The molecule has 6 N–H and O–H groups in total. The lowest BCUT2D eigenvalue weighted by Crippen LogP contribution is -2.18. The summed E-state index contributed by atoms with van der Waals surface area (Å²) < 4.78 is 43.4. The van der Waals surface area contributed by atoms with Crippen LogP contribution in [0.3, 0.4) is 0 Å². The van der Waals surface area contributed by atoms with Gasteiger partial charge in [0.15, 0.2) is 5.78 Å². The highest BCUT2D eigenvalue weighted by atomic mass is 79.9. The molecular weight excluding hydrogens is 1580 g/mol. The Bertz CT molecular complexity index is 3810. The number of aromatic hydroxyl groups is 3. The average Bonchev–Trinajstić information content (AvgIpc) is 1.39. The first kappa shape index (κ1) is 99.0. The zero-order valence-corrected chi connectivity index (χ0v) is 61.7. The number of alkyl halides is 3. The first-order valence-electron chi connectivity index (χ1n) is 30.4. The minimum atomic E-state index is -1.24.